The van der Waals surface area contributed by atoms with Crippen molar-refractivity contribution in [1.82, 2.24) is 15.2 Å². The Balaban J connectivity index is 2.21. The number of nitrogen functional groups attached to an aromatic ring is 1. The normalized spacial score (nSPS) is 10.0. The van der Waals surface area contributed by atoms with E-state index < -0.39 is 5.91 Å². The van der Waals surface area contributed by atoms with Crippen molar-refractivity contribution < 1.29 is 4.79 Å². The lowest BCUT2D eigenvalue weighted by Crippen LogP contribution is -2.16. The van der Waals surface area contributed by atoms with Gasteiger partial charge in [0.05, 0.1) is 11.9 Å². The third kappa shape index (κ3) is 1.92. The number of aromatic nitrogens is 3. The molecule has 2 rings (SSSR count). The molecule has 0 atom stereocenters. The van der Waals surface area contributed by atoms with E-state index in [1.54, 1.807) is 0 Å². The molecule has 7 heteroatoms. The number of carbonyl (C=O) groups excluding carboxylic acids is 1. The summed E-state index contributed by atoms with van der Waals surface area (Å²) in [6.07, 6.45) is 2.78. The Bertz CT molecular complexity index is 571. The molecule has 2 aromatic heterocycles. The Morgan fingerprint density at radius 3 is 2.94 bits per heavy atom. The molecule has 1 amide bonds. The summed E-state index contributed by atoms with van der Waals surface area (Å²) in [6, 6.07) is 2.69. The average molecular weight is 219 g/mol. The first-order valence-corrected chi connectivity index (χ1v) is 4.46. The van der Waals surface area contributed by atoms with Crippen LogP contribution in [0.1, 0.15) is 10.4 Å². The van der Waals surface area contributed by atoms with E-state index in [0.29, 0.717) is 11.5 Å². The summed E-state index contributed by atoms with van der Waals surface area (Å²) < 4.78 is 0. The van der Waals surface area contributed by atoms with E-state index in [1.165, 1.54) is 24.5 Å². The van der Waals surface area contributed by atoms with Crippen LogP contribution in [0.2, 0.25) is 0 Å². The number of H-pyrrole nitrogens is 2. The lowest BCUT2D eigenvalue weighted by Gasteiger charge is -2.02. The predicted octanol–water partition coefficient (Wildman–Crippen LogP) is -0.0675. The van der Waals surface area contributed by atoms with Gasteiger partial charge in [-0.3, -0.25) is 14.7 Å². The fourth-order valence-electron chi connectivity index (χ4n) is 1.17. The van der Waals surface area contributed by atoms with Crippen LogP contribution in [0.3, 0.4) is 0 Å². The number of nitrogens with zero attached hydrogens (tertiary/aromatic N) is 1. The highest BCUT2D eigenvalue weighted by atomic mass is 16.2. The van der Waals surface area contributed by atoms with Crippen LogP contribution in [0.5, 0.6) is 0 Å². The predicted molar refractivity (Wildman–Crippen MR) is 58.0 cm³/mol. The maximum absolute atomic E-state index is 11.6. The van der Waals surface area contributed by atoms with Gasteiger partial charge in [-0.2, -0.15) is 5.10 Å². The van der Waals surface area contributed by atoms with Crippen molar-refractivity contribution in [3.63, 3.8) is 0 Å². The fourth-order valence-corrected chi connectivity index (χ4v) is 1.17. The molecule has 0 unspecified atom stereocenters. The van der Waals surface area contributed by atoms with Crippen molar-refractivity contribution >= 4 is 17.4 Å². The molecule has 0 spiro atoms. The van der Waals surface area contributed by atoms with E-state index >= 15 is 0 Å². The number of anilines is 2. The van der Waals surface area contributed by atoms with Crippen LogP contribution in [0.25, 0.3) is 0 Å². The zero-order valence-electron chi connectivity index (χ0n) is 8.15. The zero-order valence-corrected chi connectivity index (χ0v) is 8.15. The second-order valence-corrected chi connectivity index (χ2v) is 3.10. The van der Waals surface area contributed by atoms with Crippen LogP contribution in [0, 0.1) is 0 Å². The second-order valence-electron chi connectivity index (χ2n) is 3.10. The molecule has 0 saturated carbocycles. The van der Waals surface area contributed by atoms with Crippen molar-refractivity contribution in [2.24, 2.45) is 0 Å². The van der Waals surface area contributed by atoms with Crippen molar-refractivity contribution in [3.8, 4) is 0 Å². The summed E-state index contributed by atoms with van der Waals surface area (Å²) in [6.45, 7) is 0. The monoisotopic (exact) mass is 219 g/mol. The topological polar surface area (TPSA) is 117 Å². The Morgan fingerprint density at radius 2 is 2.31 bits per heavy atom. The first kappa shape index (κ1) is 9.97. The molecule has 82 valence electrons. The van der Waals surface area contributed by atoms with E-state index in [4.69, 9.17) is 5.73 Å². The molecule has 0 fully saturated rings. The van der Waals surface area contributed by atoms with Gasteiger partial charge in [0.1, 0.15) is 0 Å². The molecule has 0 aliphatic carbocycles. The Kier molecular flexibility index (Phi) is 2.42. The van der Waals surface area contributed by atoms with Gasteiger partial charge in [-0.25, -0.2) is 0 Å². The molecule has 0 radical (unpaired) electrons. The maximum atomic E-state index is 11.6. The lowest BCUT2D eigenvalue weighted by atomic mass is 10.2. The fraction of sp³-hybridized carbons (Fsp3) is 0. The van der Waals surface area contributed by atoms with Crippen molar-refractivity contribution in [3.05, 3.63) is 40.4 Å². The van der Waals surface area contributed by atoms with Crippen molar-refractivity contribution in [1.29, 1.82) is 0 Å². The molecule has 0 bridgehead atoms. The van der Waals surface area contributed by atoms with Crippen LogP contribution in [0.15, 0.2) is 29.3 Å². The number of amides is 1. The standard InChI is InChI=1S/C9H9N5O2/c10-6-4-12-14-8(6)13-9(16)5-1-2-11-7(15)3-5/h1-4H,10H2,(H,11,15)(H2,12,13,14,16). The van der Waals surface area contributed by atoms with Gasteiger partial charge >= 0.3 is 0 Å². The molecule has 2 aromatic rings. The van der Waals surface area contributed by atoms with E-state index in [1.807, 2.05) is 0 Å². The van der Waals surface area contributed by atoms with Crippen molar-refractivity contribution in [2.45, 2.75) is 0 Å². The van der Waals surface area contributed by atoms with Gasteiger partial charge in [0.15, 0.2) is 5.82 Å². The summed E-state index contributed by atoms with van der Waals surface area (Å²) in [5.41, 5.74) is 5.76. The third-order valence-electron chi connectivity index (χ3n) is 1.94. The minimum absolute atomic E-state index is 0.248. The van der Waals surface area contributed by atoms with E-state index in [9.17, 15) is 9.59 Å². The summed E-state index contributed by atoms with van der Waals surface area (Å²) >= 11 is 0. The number of nitrogens with two attached hydrogens (primary N) is 1. The smallest absolute Gasteiger partial charge is 0.257 e. The minimum atomic E-state index is -0.429. The number of pyridine rings is 1. The zero-order chi connectivity index (χ0) is 11.5. The van der Waals surface area contributed by atoms with E-state index in [-0.39, 0.29) is 11.1 Å². The Morgan fingerprint density at radius 1 is 1.50 bits per heavy atom. The Hall–Kier alpha value is -2.57. The summed E-state index contributed by atoms with van der Waals surface area (Å²) in [4.78, 5) is 25.0. The van der Waals surface area contributed by atoms with Crippen LogP contribution in [-0.2, 0) is 0 Å². The van der Waals surface area contributed by atoms with Gasteiger partial charge in [-0.1, -0.05) is 0 Å². The average Bonchev–Trinajstić information content (AvgIpc) is 2.64. The summed E-state index contributed by atoms with van der Waals surface area (Å²) in [5, 5.41) is 8.68. The van der Waals surface area contributed by atoms with Gasteiger partial charge in [0.25, 0.3) is 5.91 Å². The minimum Gasteiger partial charge on any atom is -0.394 e. The van der Waals surface area contributed by atoms with Gasteiger partial charge < -0.3 is 16.0 Å². The van der Waals surface area contributed by atoms with E-state index in [2.05, 4.69) is 20.5 Å². The first-order chi connectivity index (χ1) is 7.66. The number of nitrogens with one attached hydrogen (secondary N) is 3. The Labute approximate surface area is 89.7 Å². The number of aromatic amines is 2. The summed E-state index contributed by atoms with van der Waals surface area (Å²) in [7, 11) is 0. The highest BCUT2D eigenvalue weighted by Crippen LogP contribution is 2.13. The van der Waals surface area contributed by atoms with Crippen LogP contribution < -0.4 is 16.6 Å². The molecule has 0 aliphatic heterocycles. The van der Waals surface area contributed by atoms with Crippen LogP contribution in [-0.4, -0.2) is 21.1 Å². The highest BCUT2D eigenvalue weighted by molar-refractivity contribution is 6.04. The number of hydrogen-bond acceptors (Lipinski definition) is 4. The molecule has 0 aliphatic rings. The molecule has 5 N–H and O–H groups in total. The molecule has 7 nitrogen and oxygen atoms in total. The first-order valence-electron chi connectivity index (χ1n) is 4.46. The number of rotatable bonds is 2. The molecule has 16 heavy (non-hydrogen) atoms. The largest absolute Gasteiger partial charge is 0.394 e. The molecular weight excluding hydrogens is 210 g/mol. The number of hydrogen-bond donors (Lipinski definition) is 4. The van der Waals surface area contributed by atoms with Gasteiger partial charge in [0.2, 0.25) is 5.56 Å². The third-order valence-corrected chi connectivity index (χ3v) is 1.94. The van der Waals surface area contributed by atoms with Gasteiger partial charge in [-0.15, -0.1) is 0 Å². The molecule has 0 aromatic carbocycles. The highest BCUT2D eigenvalue weighted by Gasteiger charge is 2.09. The van der Waals surface area contributed by atoms with Crippen molar-refractivity contribution in [2.75, 3.05) is 11.1 Å². The lowest BCUT2D eigenvalue weighted by molar-refractivity contribution is 0.102. The molecular formula is C9H9N5O2. The molecule has 0 saturated heterocycles. The van der Waals surface area contributed by atoms with Gasteiger partial charge in [-0.05, 0) is 6.07 Å². The van der Waals surface area contributed by atoms with E-state index in [0.717, 1.165) is 0 Å². The van der Waals surface area contributed by atoms with Gasteiger partial charge in [0, 0.05) is 17.8 Å². The van der Waals surface area contributed by atoms with Crippen LogP contribution in [0.4, 0.5) is 11.5 Å². The maximum Gasteiger partial charge on any atom is 0.257 e. The van der Waals surface area contributed by atoms with Crippen LogP contribution >= 0.6 is 0 Å². The molecule has 2 heterocycles. The SMILES string of the molecule is Nc1cn[nH]c1NC(=O)c1cc[nH]c(=O)c1. The quantitative estimate of drug-likeness (QED) is 0.565. The second kappa shape index (κ2) is 3.89. The summed E-state index contributed by atoms with van der Waals surface area (Å²) in [5.74, 6) is -0.118. The number of carbonyl (C=O) groups is 1.